The molecule has 2 heteroatoms. The molecule has 0 spiro atoms. The maximum atomic E-state index is 8.73. The van der Waals surface area contributed by atoms with Crippen molar-refractivity contribution in [3.8, 4) is 0 Å². The smallest absolute Gasteiger partial charge is 0.0459 e. The average Bonchev–Trinajstić information content (AvgIpc) is 1.88. The third-order valence-electron chi connectivity index (χ3n) is 1.53. The molecule has 1 unspecified atom stereocenters. The van der Waals surface area contributed by atoms with Crippen LogP contribution in [0.3, 0.4) is 0 Å². The molecule has 9 heavy (non-hydrogen) atoms. The molecule has 1 atom stereocenters. The van der Waals surface area contributed by atoms with E-state index in [1.54, 1.807) is 0 Å². The molecule has 0 rings (SSSR count). The normalized spacial score (nSPS) is 13.7. The summed E-state index contributed by atoms with van der Waals surface area (Å²) in [6.45, 7) is 3.12. The van der Waals surface area contributed by atoms with Crippen LogP contribution in [-0.2, 0) is 0 Å². The number of aliphatic hydroxyl groups is 1. The van der Waals surface area contributed by atoms with Crippen LogP contribution in [-0.4, -0.2) is 18.3 Å². The molecular weight excluding hydrogens is 114 g/mol. The molecule has 0 saturated heterocycles. The number of aliphatic hydroxyl groups excluding tert-OH is 1. The Morgan fingerprint density at radius 3 is 2.44 bits per heavy atom. The Hall–Kier alpha value is -0.0800. The first-order chi connectivity index (χ1) is 4.35. The predicted molar refractivity (Wildman–Crippen MR) is 39.2 cm³/mol. The highest BCUT2D eigenvalue weighted by Crippen LogP contribution is 2.07. The third-order valence-corrected chi connectivity index (χ3v) is 1.53. The highest BCUT2D eigenvalue weighted by atomic mass is 16.3. The molecule has 0 aromatic rings. The summed E-state index contributed by atoms with van der Waals surface area (Å²) >= 11 is 0. The SMILES string of the molecule is CCCC(CO)CCN. The minimum atomic E-state index is 0.297. The Bertz CT molecular complexity index is 50.9. The standard InChI is InChI=1S/C7H17NO/c1-2-3-7(6-9)4-5-8/h7,9H,2-6,8H2,1H3. The van der Waals surface area contributed by atoms with Crippen molar-refractivity contribution >= 4 is 0 Å². The van der Waals surface area contributed by atoms with Crippen molar-refractivity contribution in [3.05, 3.63) is 0 Å². The summed E-state index contributed by atoms with van der Waals surface area (Å²) in [5, 5.41) is 8.73. The van der Waals surface area contributed by atoms with Gasteiger partial charge in [-0.1, -0.05) is 13.3 Å². The van der Waals surface area contributed by atoms with Crippen LogP contribution in [0.5, 0.6) is 0 Å². The van der Waals surface area contributed by atoms with Crippen LogP contribution in [0.2, 0.25) is 0 Å². The maximum absolute atomic E-state index is 8.73. The van der Waals surface area contributed by atoms with Gasteiger partial charge in [0.2, 0.25) is 0 Å². The lowest BCUT2D eigenvalue weighted by Gasteiger charge is -2.09. The first kappa shape index (κ1) is 8.92. The van der Waals surface area contributed by atoms with Gasteiger partial charge in [0.05, 0.1) is 0 Å². The van der Waals surface area contributed by atoms with E-state index in [4.69, 9.17) is 10.8 Å². The summed E-state index contributed by atoms with van der Waals surface area (Å²) in [7, 11) is 0. The summed E-state index contributed by atoms with van der Waals surface area (Å²) in [4.78, 5) is 0. The Morgan fingerprint density at radius 1 is 1.44 bits per heavy atom. The van der Waals surface area contributed by atoms with Crippen LogP contribution in [0.4, 0.5) is 0 Å². The molecule has 0 aliphatic heterocycles. The zero-order valence-corrected chi connectivity index (χ0v) is 6.14. The second-order valence-corrected chi connectivity index (χ2v) is 2.41. The Kier molecular flexibility index (Phi) is 5.99. The third kappa shape index (κ3) is 4.43. The molecular formula is C7H17NO. The van der Waals surface area contributed by atoms with Gasteiger partial charge in [0, 0.05) is 6.61 Å². The molecule has 0 radical (unpaired) electrons. The van der Waals surface area contributed by atoms with E-state index in [0.717, 1.165) is 19.3 Å². The second-order valence-electron chi connectivity index (χ2n) is 2.41. The first-order valence-electron chi connectivity index (χ1n) is 3.66. The van der Waals surface area contributed by atoms with E-state index in [-0.39, 0.29) is 0 Å². The maximum Gasteiger partial charge on any atom is 0.0459 e. The van der Waals surface area contributed by atoms with Gasteiger partial charge in [-0.05, 0) is 25.3 Å². The first-order valence-corrected chi connectivity index (χ1v) is 3.66. The summed E-state index contributed by atoms with van der Waals surface area (Å²) in [5.41, 5.74) is 5.32. The second kappa shape index (κ2) is 6.05. The molecule has 0 aromatic heterocycles. The number of nitrogens with two attached hydrogens (primary N) is 1. The van der Waals surface area contributed by atoms with E-state index in [0.29, 0.717) is 19.1 Å². The Labute approximate surface area is 57.1 Å². The highest BCUT2D eigenvalue weighted by molar-refractivity contribution is 4.56. The summed E-state index contributed by atoms with van der Waals surface area (Å²) in [6.07, 6.45) is 3.21. The fourth-order valence-electron chi connectivity index (χ4n) is 0.971. The van der Waals surface area contributed by atoms with Crippen molar-refractivity contribution in [2.24, 2.45) is 11.7 Å². The Morgan fingerprint density at radius 2 is 2.11 bits per heavy atom. The molecule has 0 aromatic carbocycles. The number of rotatable bonds is 5. The lowest BCUT2D eigenvalue weighted by molar-refractivity contribution is 0.211. The Balaban J connectivity index is 3.18. The van der Waals surface area contributed by atoms with E-state index >= 15 is 0 Å². The lowest BCUT2D eigenvalue weighted by atomic mass is 10.0. The van der Waals surface area contributed by atoms with E-state index < -0.39 is 0 Å². The van der Waals surface area contributed by atoms with Gasteiger partial charge in [-0.25, -0.2) is 0 Å². The molecule has 0 amide bonds. The van der Waals surface area contributed by atoms with E-state index in [1.807, 2.05) is 0 Å². The van der Waals surface area contributed by atoms with Gasteiger partial charge < -0.3 is 10.8 Å². The predicted octanol–water partition coefficient (Wildman–Crippen LogP) is 0.744. The molecule has 2 nitrogen and oxygen atoms in total. The molecule has 0 fully saturated rings. The van der Waals surface area contributed by atoms with Crippen molar-refractivity contribution in [3.63, 3.8) is 0 Å². The van der Waals surface area contributed by atoms with Gasteiger partial charge in [0.1, 0.15) is 0 Å². The van der Waals surface area contributed by atoms with E-state index in [2.05, 4.69) is 6.92 Å². The van der Waals surface area contributed by atoms with E-state index in [9.17, 15) is 0 Å². The fourth-order valence-corrected chi connectivity index (χ4v) is 0.971. The van der Waals surface area contributed by atoms with Crippen molar-refractivity contribution in [1.29, 1.82) is 0 Å². The average molecular weight is 131 g/mol. The summed E-state index contributed by atoms with van der Waals surface area (Å²) in [6, 6.07) is 0. The largest absolute Gasteiger partial charge is 0.396 e. The number of hydrogen-bond donors (Lipinski definition) is 2. The van der Waals surface area contributed by atoms with Gasteiger partial charge in [0.15, 0.2) is 0 Å². The van der Waals surface area contributed by atoms with Crippen LogP contribution in [0.25, 0.3) is 0 Å². The molecule has 3 N–H and O–H groups in total. The fraction of sp³-hybridized carbons (Fsp3) is 1.00. The van der Waals surface area contributed by atoms with Crippen LogP contribution in [0.1, 0.15) is 26.2 Å². The minimum Gasteiger partial charge on any atom is -0.396 e. The van der Waals surface area contributed by atoms with Crippen LogP contribution in [0.15, 0.2) is 0 Å². The minimum absolute atomic E-state index is 0.297. The van der Waals surface area contributed by atoms with Gasteiger partial charge in [-0.15, -0.1) is 0 Å². The molecule has 0 saturated carbocycles. The monoisotopic (exact) mass is 131 g/mol. The summed E-state index contributed by atoms with van der Waals surface area (Å²) < 4.78 is 0. The summed E-state index contributed by atoms with van der Waals surface area (Å²) in [5.74, 6) is 0.444. The van der Waals surface area contributed by atoms with Crippen molar-refractivity contribution in [2.45, 2.75) is 26.2 Å². The molecule has 0 heterocycles. The van der Waals surface area contributed by atoms with Crippen LogP contribution >= 0.6 is 0 Å². The van der Waals surface area contributed by atoms with Gasteiger partial charge >= 0.3 is 0 Å². The molecule has 0 bridgehead atoms. The molecule has 0 aliphatic carbocycles. The van der Waals surface area contributed by atoms with Gasteiger partial charge in [0.25, 0.3) is 0 Å². The zero-order valence-electron chi connectivity index (χ0n) is 6.14. The topological polar surface area (TPSA) is 46.2 Å². The lowest BCUT2D eigenvalue weighted by Crippen LogP contribution is -2.11. The van der Waals surface area contributed by atoms with Crippen molar-refractivity contribution in [1.82, 2.24) is 0 Å². The molecule has 0 aliphatic rings. The quantitative estimate of drug-likeness (QED) is 0.578. The molecule has 56 valence electrons. The number of hydrogen-bond acceptors (Lipinski definition) is 2. The van der Waals surface area contributed by atoms with Crippen LogP contribution < -0.4 is 5.73 Å². The zero-order chi connectivity index (χ0) is 7.11. The van der Waals surface area contributed by atoms with Gasteiger partial charge in [-0.2, -0.15) is 0 Å². The van der Waals surface area contributed by atoms with Crippen molar-refractivity contribution < 1.29 is 5.11 Å². The highest BCUT2D eigenvalue weighted by Gasteiger charge is 2.02. The van der Waals surface area contributed by atoms with Crippen LogP contribution in [0, 0.1) is 5.92 Å². The van der Waals surface area contributed by atoms with E-state index in [1.165, 1.54) is 0 Å². The van der Waals surface area contributed by atoms with Gasteiger partial charge in [-0.3, -0.25) is 0 Å². The van der Waals surface area contributed by atoms with Crippen molar-refractivity contribution in [2.75, 3.05) is 13.2 Å².